The first-order valence-electron chi connectivity index (χ1n) is 5.13. The number of anilines is 1. The van der Waals surface area contributed by atoms with Crippen molar-refractivity contribution in [3.8, 4) is 0 Å². The van der Waals surface area contributed by atoms with Crippen molar-refractivity contribution in [3.05, 3.63) is 18.1 Å². The van der Waals surface area contributed by atoms with Crippen LogP contribution in [0.25, 0.3) is 0 Å². The van der Waals surface area contributed by atoms with Gasteiger partial charge in [-0.15, -0.1) is 0 Å². The summed E-state index contributed by atoms with van der Waals surface area (Å²) in [4.78, 5) is 18.8. The fourth-order valence-corrected chi connectivity index (χ4v) is 1.93. The zero-order chi connectivity index (χ0) is 13.8. The summed E-state index contributed by atoms with van der Waals surface area (Å²) in [7, 11) is -3.02. The highest BCUT2D eigenvalue weighted by molar-refractivity contribution is 7.88. The van der Waals surface area contributed by atoms with Gasteiger partial charge in [0, 0.05) is 32.4 Å². The van der Waals surface area contributed by atoms with E-state index < -0.39 is 16.3 Å². The van der Waals surface area contributed by atoms with Crippen LogP contribution in [-0.2, 0) is 25.8 Å². The Balaban J connectivity index is 3.06. The van der Waals surface area contributed by atoms with Gasteiger partial charge in [0.25, 0.3) is 0 Å². The summed E-state index contributed by atoms with van der Waals surface area (Å²) in [6.07, 6.45) is 2.67. The van der Waals surface area contributed by atoms with Gasteiger partial charge in [0.05, 0.1) is 5.69 Å². The molecule has 0 atom stereocenters. The highest BCUT2D eigenvalue weighted by Crippen LogP contribution is 2.17. The summed E-state index contributed by atoms with van der Waals surface area (Å²) in [5.74, 6) is -0.816. The van der Waals surface area contributed by atoms with E-state index >= 15 is 0 Å². The maximum atomic E-state index is 11.7. The second-order valence-electron chi connectivity index (χ2n) is 3.26. The first-order valence-corrected chi connectivity index (χ1v) is 6.50. The van der Waals surface area contributed by atoms with Crippen molar-refractivity contribution in [2.45, 2.75) is 19.9 Å². The molecule has 0 aliphatic heterocycles. The molecule has 9 heteroatoms. The van der Waals surface area contributed by atoms with E-state index in [0.29, 0.717) is 0 Å². The van der Waals surface area contributed by atoms with Crippen molar-refractivity contribution >= 4 is 22.1 Å². The van der Waals surface area contributed by atoms with Gasteiger partial charge < -0.3 is 9.92 Å². The lowest BCUT2D eigenvalue weighted by molar-refractivity contribution is -0.133. The normalized spacial score (nSPS) is 11.1. The van der Waals surface area contributed by atoms with Gasteiger partial charge in [0.1, 0.15) is 0 Å². The Hall–Kier alpha value is -1.74. The average Bonchev–Trinajstić information content (AvgIpc) is 2.37. The highest BCUT2D eigenvalue weighted by atomic mass is 32.2. The molecule has 0 spiro atoms. The zero-order valence-corrected chi connectivity index (χ0v) is 10.8. The van der Waals surface area contributed by atoms with Crippen LogP contribution in [-0.4, -0.2) is 31.4 Å². The molecule has 18 heavy (non-hydrogen) atoms. The lowest BCUT2D eigenvalue weighted by Gasteiger charge is -2.18. The molecule has 0 radical (unpaired) electrons. The number of carbonyl (C=O) groups is 1. The molecule has 0 saturated carbocycles. The van der Waals surface area contributed by atoms with Crippen LogP contribution < -0.4 is 10.0 Å². The van der Waals surface area contributed by atoms with Gasteiger partial charge in [0.15, 0.2) is 5.82 Å². The number of nitrogens with zero attached hydrogens (tertiary/aromatic N) is 3. The Kier molecular flexibility index (Phi) is 4.56. The number of carbonyl (C=O) groups excluding carboxylic acids is 1. The van der Waals surface area contributed by atoms with Gasteiger partial charge in [-0.05, 0) is 0 Å². The van der Waals surface area contributed by atoms with Crippen LogP contribution in [0.5, 0.6) is 0 Å². The molecule has 0 aromatic carbocycles. The monoisotopic (exact) mass is 274 g/mol. The number of rotatable bonds is 5. The van der Waals surface area contributed by atoms with Crippen LogP contribution in [0.3, 0.4) is 0 Å². The van der Waals surface area contributed by atoms with Crippen LogP contribution in [0.2, 0.25) is 0 Å². The number of nitrogens with two attached hydrogens (primary N) is 1. The van der Waals surface area contributed by atoms with Crippen molar-refractivity contribution in [2.75, 3.05) is 11.4 Å². The van der Waals surface area contributed by atoms with Crippen molar-refractivity contribution in [1.29, 1.82) is 0 Å². The molecule has 0 aliphatic carbocycles. The Morgan fingerprint density at radius 3 is 2.61 bits per heavy atom. The van der Waals surface area contributed by atoms with Crippen molar-refractivity contribution in [3.63, 3.8) is 0 Å². The summed E-state index contributed by atoms with van der Waals surface area (Å²) in [6, 6.07) is 0. The third-order valence-electron chi connectivity index (χ3n) is 2.07. The Morgan fingerprint density at radius 1 is 1.44 bits per heavy atom. The quantitative estimate of drug-likeness (QED) is 0.774. The van der Waals surface area contributed by atoms with Crippen LogP contribution in [0.4, 0.5) is 5.82 Å². The van der Waals surface area contributed by atoms with Gasteiger partial charge in [0.2, 0.25) is 0 Å². The Labute approximate surface area is 105 Å². The van der Waals surface area contributed by atoms with E-state index in [2.05, 4.69) is 14.2 Å². The second-order valence-corrected chi connectivity index (χ2v) is 4.83. The standard InChI is InChI=1S/C9H14N4O4S/c1-3-8(14)17-18(15,16)13(2)9-7(6-10)11-4-5-12-9/h4-5H,3,6,10H2,1-2H3. The predicted octanol–water partition coefficient (Wildman–Crippen LogP) is -0.430. The zero-order valence-electron chi connectivity index (χ0n) is 10.0. The molecular weight excluding hydrogens is 260 g/mol. The third kappa shape index (κ3) is 3.14. The molecule has 1 aromatic rings. The summed E-state index contributed by atoms with van der Waals surface area (Å²) in [5, 5.41) is 0. The smallest absolute Gasteiger partial charge is 0.330 e. The molecule has 100 valence electrons. The van der Waals surface area contributed by atoms with Crippen LogP contribution in [0.15, 0.2) is 12.4 Å². The van der Waals surface area contributed by atoms with E-state index in [1.54, 1.807) is 0 Å². The summed E-state index contributed by atoms with van der Waals surface area (Å²) < 4.78 is 28.6. The van der Waals surface area contributed by atoms with Crippen LogP contribution >= 0.6 is 0 Å². The maximum Gasteiger partial charge on any atom is 0.413 e. The summed E-state index contributed by atoms with van der Waals surface area (Å²) >= 11 is 0. The number of hydrogen-bond acceptors (Lipinski definition) is 7. The highest BCUT2D eigenvalue weighted by Gasteiger charge is 2.25. The van der Waals surface area contributed by atoms with Crippen LogP contribution in [0, 0.1) is 0 Å². The minimum Gasteiger partial charge on any atom is -0.330 e. The third-order valence-corrected chi connectivity index (χ3v) is 3.31. The average molecular weight is 274 g/mol. The molecule has 1 heterocycles. The fraction of sp³-hybridized carbons (Fsp3) is 0.444. The van der Waals surface area contributed by atoms with E-state index in [1.165, 1.54) is 26.4 Å². The summed E-state index contributed by atoms with van der Waals surface area (Å²) in [5.41, 5.74) is 5.72. The SMILES string of the molecule is CCC(=O)OS(=O)(=O)N(C)c1nccnc1CN. The first-order chi connectivity index (χ1) is 8.42. The minimum absolute atomic E-state index is 0.0186. The van der Waals surface area contributed by atoms with E-state index in [9.17, 15) is 13.2 Å². The molecule has 2 N–H and O–H groups in total. The van der Waals surface area contributed by atoms with E-state index in [4.69, 9.17) is 5.73 Å². The van der Waals surface area contributed by atoms with E-state index in [-0.39, 0.29) is 24.5 Å². The second kappa shape index (κ2) is 5.74. The molecule has 1 aromatic heterocycles. The molecule has 0 saturated heterocycles. The molecule has 0 aliphatic rings. The van der Waals surface area contributed by atoms with Gasteiger partial charge in [-0.1, -0.05) is 6.92 Å². The van der Waals surface area contributed by atoms with Crippen LogP contribution in [0.1, 0.15) is 19.0 Å². The van der Waals surface area contributed by atoms with Gasteiger partial charge in [-0.25, -0.2) is 9.29 Å². The molecule has 0 bridgehead atoms. The molecule has 8 nitrogen and oxygen atoms in total. The Morgan fingerprint density at radius 2 is 2.06 bits per heavy atom. The molecular formula is C9H14N4O4S. The van der Waals surface area contributed by atoms with Gasteiger partial charge in [-0.3, -0.25) is 9.78 Å². The largest absolute Gasteiger partial charge is 0.413 e. The topological polar surface area (TPSA) is 115 Å². The fourth-order valence-electron chi connectivity index (χ4n) is 1.10. The molecule has 1 rings (SSSR count). The predicted molar refractivity (Wildman–Crippen MR) is 63.6 cm³/mol. The molecule has 0 fully saturated rings. The number of aromatic nitrogens is 2. The van der Waals surface area contributed by atoms with Gasteiger partial charge >= 0.3 is 16.3 Å². The van der Waals surface area contributed by atoms with Gasteiger partial charge in [-0.2, -0.15) is 8.42 Å². The molecule has 0 amide bonds. The van der Waals surface area contributed by atoms with Crippen molar-refractivity contribution in [1.82, 2.24) is 9.97 Å². The maximum absolute atomic E-state index is 11.7. The number of hydrogen-bond donors (Lipinski definition) is 1. The first kappa shape index (κ1) is 14.3. The minimum atomic E-state index is -4.23. The van der Waals surface area contributed by atoms with E-state index in [1.807, 2.05) is 0 Å². The summed E-state index contributed by atoms with van der Waals surface area (Å²) in [6.45, 7) is 1.51. The Bertz CT molecular complexity index is 531. The van der Waals surface area contributed by atoms with E-state index in [0.717, 1.165) is 4.31 Å². The lowest BCUT2D eigenvalue weighted by Crippen LogP contribution is -2.32. The lowest BCUT2D eigenvalue weighted by atomic mass is 10.4. The molecule has 0 unspecified atom stereocenters. The van der Waals surface area contributed by atoms with Crippen molar-refractivity contribution < 1.29 is 17.4 Å². The van der Waals surface area contributed by atoms with Crippen molar-refractivity contribution in [2.24, 2.45) is 5.73 Å².